The first-order chi connectivity index (χ1) is 26.8. The number of aliphatic hydroxyl groups is 5. The molecule has 9 nitrogen and oxygen atoms in total. The predicted octanol–water partition coefficient (Wildman–Crippen LogP) is 9.50. The van der Waals surface area contributed by atoms with E-state index in [-0.39, 0.29) is 12.5 Å². The van der Waals surface area contributed by atoms with Crippen LogP contribution >= 0.6 is 0 Å². The highest BCUT2D eigenvalue weighted by Gasteiger charge is 2.44. The zero-order valence-electron chi connectivity index (χ0n) is 35.4. The Labute approximate surface area is 337 Å². The van der Waals surface area contributed by atoms with Gasteiger partial charge >= 0.3 is 0 Å². The summed E-state index contributed by atoms with van der Waals surface area (Å²) in [4.78, 5) is 12.9. The summed E-state index contributed by atoms with van der Waals surface area (Å²) in [5, 5.41) is 54.0. The van der Waals surface area contributed by atoms with Crippen molar-refractivity contribution in [3.05, 3.63) is 24.3 Å². The minimum Gasteiger partial charge on any atom is -0.394 e. The van der Waals surface area contributed by atoms with Gasteiger partial charge in [-0.15, -0.1) is 0 Å². The molecule has 0 saturated carbocycles. The molecule has 7 atom stereocenters. The molecule has 0 aromatic carbocycles. The number of rotatable bonds is 38. The van der Waals surface area contributed by atoms with Gasteiger partial charge in [-0.3, -0.25) is 4.79 Å². The fourth-order valence-corrected chi connectivity index (χ4v) is 7.29. The van der Waals surface area contributed by atoms with Gasteiger partial charge in [-0.2, -0.15) is 0 Å². The molecule has 1 amide bonds. The Kier molecular flexibility index (Phi) is 34.7. The molecule has 1 aliphatic rings. The zero-order chi connectivity index (χ0) is 40.2. The van der Waals surface area contributed by atoms with Gasteiger partial charge in [0, 0.05) is 6.42 Å². The summed E-state index contributed by atoms with van der Waals surface area (Å²) in [6, 6.07) is -0.815. The maximum atomic E-state index is 12.9. The van der Waals surface area contributed by atoms with Crippen molar-refractivity contribution < 1.29 is 39.8 Å². The van der Waals surface area contributed by atoms with Crippen LogP contribution in [0.2, 0.25) is 0 Å². The molecule has 0 radical (unpaired) electrons. The molecule has 1 rings (SSSR count). The monoisotopic (exact) mass is 782 g/mol. The van der Waals surface area contributed by atoms with Crippen LogP contribution in [0.1, 0.15) is 206 Å². The van der Waals surface area contributed by atoms with E-state index in [1.807, 2.05) is 6.08 Å². The van der Waals surface area contributed by atoms with Crippen molar-refractivity contribution in [3.63, 3.8) is 0 Å². The van der Waals surface area contributed by atoms with Gasteiger partial charge in [0.05, 0.1) is 25.4 Å². The number of carbonyl (C=O) groups is 1. The molecule has 55 heavy (non-hydrogen) atoms. The van der Waals surface area contributed by atoms with E-state index in [0.717, 1.165) is 38.5 Å². The molecule has 1 fully saturated rings. The first-order valence-corrected chi connectivity index (χ1v) is 23.1. The molecule has 0 aliphatic carbocycles. The Morgan fingerprint density at radius 1 is 0.600 bits per heavy atom. The molecule has 0 aromatic rings. The topological polar surface area (TPSA) is 149 Å². The average Bonchev–Trinajstić information content (AvgIpc) is 3.18. The van der Waals surface area contributed by atoms with E-state index in [4.69, 9.17) is 9.47 Å². The van der Waals surface area contributed by atoms with Crippen LogP contribution in [0.4, 0.5) is 0 Å². The van der Waals surface area contributed by atoms with Crippen LogP contribution in [0.15, 0.2) is 24.3 Å². The first-order valence-electron chi connectivity index (χ1n) is 23.1. The predicted molar refractivity (Wildman–Crippen MR) is 226 cm³/mol. The molecule has 6 N–H and O–H groups in total. The summed E-state index contributed by atoms with van der Waals surface area (Å²) in [6.45, 7) is 3.74. The molecule has 0 spiro atoms. The fourth-order valence-electron chi connectivity index (χ4n) is 7.29. The van der Waals surface area contributed by atoms with E-state index in [9.17, 15) is 30.3 Å². The number of hydrogen-bond acceptors (Lipinski definition) is 8. The van der Waals surface area contributed by atoms with Crippen molar-refractivity contribution in [1.29, 1.82) is 0 Å². The van der Waals surface area contributed by atoms with Crippen molar-refractivity contribution in [2.75, 3.05) is 13.2 Å². The Morgan fingerprint density at radius 3 is 1.53 bits per heavy atom. The summed E-state index contributed by atoms with van der Waals surface area (Å²) in [6.07, 6.45) is 36.6. The molecule has 1 aliphatic heterocycles. The van der Waals surface area contributed by atoms with Crippen LogP contribution in [0.5, 0.6) is 0 Å². The molecule has 9 heteroatoms. The number of ether oxygens (including phenoxy) is 2. The van der Waals surface area contributed by atoms with Crippen LogP contribution in [0.25, 0.3) is 0 Å². The van der Waals surface area contributed by atoms with Gasteiger partial charge in [-0.1, -0.05) is 192 Å². The number of unbranched alkanes of at least 4 members (excludes halogenated alkanes) is 26. The van der Waals surface area contributed by atoms with E-state index in [0.29, 0.717) is 6.42 Å². The molecule has 1 heterocycles. The van der Waals surface area contributed by atoms with E-state index < -0.39 is 49.5 Å². The molecule has 0 aromatic heterocycles. The quantitative estimate of drug-likeness (QED) is 0.0268. The number of hydrogen-bond donors (Lipinski definition) is 6. The van der Waals surface area contributed by atoms with Crippen LogP contribution in [-0.2, 0) is 14.3 Å². The fraction of sp³-hybridized carbons (Fsp3) is 0.891. The smallest absolute Gasteiger partial charge is 0.220 e. The summed E-state index contributed by atoms with van der Waals surface area (Å²) in [5.74, 6) is -0.186. The van der Waals surface area contributed by atoms with Crippen molar-refractivity contribution in [1.82, 2.24) is 5.32 Å². The van der Waals surface area contributed by atoms with Gasteiger partial charge in [-0.05, 0) is 32.1 Å². The Balaban J connectivity index is 2.29. The van der Waals surface area contributed by atoms with Crippen LogP contribution in [-0.4, -0.2) is 87.5 Å². The standard InChI is InChI=1S/C46H87NO8/c1-3-5-7-9-11-13-15-16-17-18-19-20-21-22-23-24-26-28-30-32-34-36-42(50)47-39(38-54-46-45(53)44(52)43(51)41(37-48)55-46)40(49)35-33-31-29-27-25-14-12-10-8-6-4-2/h25,27,33,35,39-41,43-46,48-49,51-53H,3-24,26,28-32,34,36-38H2,1-2H3,(H,47,50)/b27-25+,35-33+/t39-,40+,41-,43-,44?,45?,46-/m0/s1. The maximum absolute atomic E-state index is 12.9. The highest BCUT2D eigenvalue weighted by molar-refractivity contribution is 5.76. The SMILES string of the molecule is CCCCCCC/C=C/CC/C=C/[C@@H](O)[C@H](CO[C@H]1O[C@@H](CO)[C@H](O)C(O)C1O)NC(=O)CCCCCCCCCCCCCCCCCCCCCCC. The highest BCUT2D eigenvalue weighted by atomic mass is 16.7. The Bertz CT molecular complexity index is 914. The van der Waals surface area contributed by atoms with Crippen molar-refractivity contribution >= 4 is 5.91 Å². The number of nitrogens with one attached hydrogen (secondary N) is 1. The van der Waals surface area contributed by atoms with E-state index >= 15 is 0 Å². The second-order valence-corrected chi connectivity index (χ2v) is 16.2. The average molecular weight is 782 g/mol. The van der Waals surface area contributed by atoms with Crippen molar-refractivity contribution in [2.45, 2.75) is 249 Å². The molecular formula is C46H87NO8. The van der Waals surface area contributed by atoms with Crippen molar-refractivity contribution in [2.24, 2.45) is 0 Å². The second-order valence-electron chi connectivity index (χ2n) is 16.2. The van der Waals surface area contributed by atoms with Gasteiger partial charge in [0.2, 0.25) is 5.91 Å². The molecule has 2 unspecified atom stereocenters. The number of aliphatic hydroxyl groups excluding tert-OH is 5. The highest BCUT2D eigenvalue weighted by Crippen LogP contribution is 2.22. The zero-order valence-corrected chi connectivity index (χ0v) is 35.4. The van der Waals surface area contributed by atoms with Crippen molar-refractivity contribution in [3.8, 4) is 0 Å². The third-order valence-corrected chi connectivity index (χ3v) is 11.0. The molecule has 324 valence electrons. The molecule has 1 saturated heterocycles. The van der Waals surface area contributed by atoms with Gasteiger partial charge in [0.1, 0.15) is 24.4 Å². The van der Waals surface area contributed by atoms with E-state index in [1.54, 1.807) is 6.08 Å². The number of carbonyl (C=O) groups excluding carboxylic acids is 1. The minimum atomic E-state index is -1.57. The summed E-state index contributed by atoms with van der Waals surface area (Å²) >= 11 is 0. The van der Waals surface area contributed by atoms with Crippen LogP contribution in [0.3, 0.4) is 0 Å². The largest absolute Gasteiger partial charge is 0.394 e. The lowest BCUT2D eigenvalue weighted by Crippen LogP contribution is -2.60. The summed E-state index contributed by atoms with van der Waals surface area (Å²) < 4.78 is 11.2. The third-order valence-electron chi connectivity index (χ3n) is 11.0. The summed E-state index contributed by atoms with van der Waals surface area (Å²) in [7, 11) is 0. The molecule has 0 bridgehead atoms. The van der Waals surface area contributed by atoms with Gasteiger partial charge < -0.3 is 40.3 Å². The van der Waals surface area contributed by atoms with Gasteiger partial charge in [0.15, 0.2) is 6.29 Å². The van der Waals surface area contributed by atoms with Crippen LogP contribution in [0, 0.1) is 0 Å². The Hall–Kier alpha value is -1.33. The lowest BCUT2D eigenvalue weighted by atomic mass is 9.99. The first kappa shape index (κ1) is 51.7. The lowest BCUT2D eigenvalue weighted by molar-refractivity contribution is -0.302. The minimum absolute atomic E-state index is 0.186. The van der Waals surface area contributed by atoms with Crippen LogP contribution < -0.4 is 5.32 Å². The summed E-state index contributed by atoms with van der Waals surface area (Å²) in [5.41, 5.74) is 0. The van der Waals surface area contributed by atoms with E-state index in [1.165, 1.54) is 148 Å². The van der Waals surface area contributed by atoms with Gasteiger partial charge in [-0.25, -0.2) is 0 Å². The third kappa shape index (κ3) is 27.9. The lowest BCUT2D eigenvalue weighted by Gasteiger charge is -2.40. The molecular weight excluding hydrogens is 695 g/mol. The van der Waals surface area contributed by atoms with Gasteiger partial charge in [0.25, 0.3) is 0 Å². The second kappa shape index (κ2) is 37.0. The normalized spacial score (nSPS) is 21.5. The Morgan fingerprint density at radius 2 is 1.04 bits per heavy atom. The van der Waals surface area contributed by atoms with E-state index in [2.05, 4.69) is 31.3 Å². The number of amides is 1. The number of allylic oxidation sites excluding steroid dienone is 3. The maximum Gasteiger partial charge on any atom is 0.220 e.